The largest absolute Gasteiger partial charge is 0.357 e. The molecule has 1 atom stereocenters. The van der Waals surface area contributed by atoms with Crippen LogP contribution in [0, 0.1) is 5.92 Å². The molecule has 0 aromatic rings. The van der Waals surface area contributed by atoms with Gasteiger partial charge >= 0.3 is 0 Å². The van der Waals surface area contributed by atoms with Crippen molar-refractivity contribution in [3.05, 3.63) is 0 Å². The molecule has 0 saturated carbocycles. The summed E-state index contributed by atoms with van der Waals surface area (Å²) in [7, 11) is -2.79. The van der Waals surface area contributed by atoms with E-state index in [4.69, 9.17) is 0 Å². The number of guanidine groups is 1. The Hall–Kier alpha value is -0.780. The van der Waals surface area contributed by atoms with Gasteiger partial charge in [0, 0.05) is 19.6 Å². The second-order valence-electron chi connectivity index (χ2n) is 5.12. The molecule has 2 N–H and O–H groups in total. The van der Waals surface area contributed by atoms with Crippen LogP contribution < -0.4 is 10.6 Å². The molecule has 1 unspecified atom stereocenters. The maximum absolute atomic E-state index is 11.4. The summed E-state index contributed by atoms with van der Waals surface area (Å²) in [6.07, 6.45) is 4.31. The van der Waals surface area contributed by atoms with Crippen LogP contribution >= 0.6 is 0 Å². The molecule has 0 aliphatic carbocycles. The summed E-state index contributed by atoms with van der Waals surface area (Å²) >= 11 is 0. The van der Waals surface area contributed by atoms with Crippen molar-refractivity contribution in [2.45, 2.75) is 39.5 Å². The van der Waals surface area contributed by atoms with Crippen LogP contribution in [0.2, 0.25) is 0 Å². The first-order chi connectivity index (χ1) is 9.07. The Balaban J connectivity index is 2.35. The minimum atomic E-state index is -2.79. The molecule has 5 nitrogen and oxygen atoms in total. The average Bonchev–Trinajstić information content (AvgIpc) is 2.71. The highest BCUT2D eigenvalue weighted by Crippen LogP contribution is 2.18. The summed E-state index contributed by atoms with van der Waals surface area (Å²) < 4.78 is 22.8. The van der Waals surface area contributed by atoms with Crippen molar-refractivity contribution in [2.24, 2.45) is 10.9 Å². The number of hydrogen-bond acceptors (Lipinski definition) is 3. The van der Waals surface area contributed by atoms with Gasteiger partial charge in [0.2, 0.25) is 0 Å². The standard InChI is InChI=1S/C13H27N3O2S/c1-3-5-6-8-15-13(14-4-2)16-10-12-7-9-19(17,18)11-12/h12H,3-11H2,1-2H3,(H2,14,15,16). The van der Waals surface area contributed by atoms with Crippen molar-refractivity contribution < 1.29 is 8.42 Å². The first-order valence-electron chi connectivity index (χ1n) is 7.30. The predicted octanol–water partition coefficient (Wildman–Crippen LogP) is 1.17. The Kier molecular flexibility index (Phi) is 7.20. The molecular formula is C13H27N3O2S. The van der Waals surface area contributed by atoms with E-state index in [2.05, 4.69) is 22.5 Å². The van der Waals surface area contributed by atoms with Gasteiger partial charge in [-0.05, 0) is 25.7 Å². The topological polar surface area (TPSA) is 70.6 Å². The van der Waals surface area contributed by atoms with Crippen molar-refractivity contribution in [3.63, 3.8) is 0 Å². The lowest BCUT2D eigenvalue weighted by Crippen LogP contribution is -2.38. The van der Waals surface area contributed by atoms with Gasteiger partial charge in [0.15, 0.2) is 15.8 Å². The van der Waals surface area contributed by atoms with Gasteiger partial charge in [-0.1, -0.05) is 19.8 Å². The van der Waals surface area contributed by atoms with E-state index in [0.717, 1.165) is 31.9 Å². The monoisotopic (exact) mass is 289 g/mol. The number of unbranched alkanes of at least 4 members (excludes halogenated alkanes) is 2. The molecule has 0 aromatic carbocycles. The van der Waals surface area contributed by atoms with Crippen LogP contribution in [0.5, 0.6) is 0 Å². The number of nitrogens with one attached hydrogen (secondary N) is 2. The first kappa shape index (κ1) is 16.3. The molecule has 1 aliphatic rings. The molecule has 6 heteroatoms. The molecule has 1 heterocycles. The zero-order chi connectivity index (χ0) is 14.1. The quantitative estimate of drug-likeness (QED) is 0.419. The smallest absolute Gasteiger partial charge is 0.191 e. The summed E-state index contributed by atoms with van der Waals surface area (Å²) in [6.45, 7) is 6.55. The van der Waals surface area contributed by atoms with E-state index in [-0.39, 0.29) is 5.92 Å². The zero-order valence-electron chi connectivity index (χ0n) is 12.1. The maximum Gasteiger partial charge on any atom is 0.191 e. The van der Waals surface area contributed by atoms with Crippen LogP contribution in [-0.4, -0.2) is 45.5 Å². The van der Waals surface area contributed by atoms with Gasteiger partial charge < -0.3 is 10.6 Å². The third kappa shape index (κ3) is 6.80. The van der Waals surface area contributed by atoms with E-state index in [1.165, 1.54) is 12.8 Å². The van der Waals surface area contributed by atoms with Crippen molar-refractivity contribution in [1.82, 2.24) is 10.6 Å². The summed E-state index contributed by atoms with van der Waals surface area (Å²) in [6, 6.07) is 0. The fourth-order valence-electron chi connectivity index (χ4n) is 2.16. The second-order valence-corrected chi connectivity index (χ2v) is 7.35. The highest BCUT2D eigenvalue weighted by Gasteiger charge is 2.27. The molecule has 1 fully saturated rings. The SMILES string of the molecule is CCCCCNC(=NCC1CCS(=O)(=O)C1)NCC. The van der Waals surface area contributed by atoms with Gasteiger partial charge in [-0.2, -0.15) is 0 Å². The van der Waals surface area contributed by atoms with E-state index in [1.807, 2.05) is 6.92 Å². The third-order valence-corrected chi connectivity index (χ3v) is 5.09. The lowest BCUT2D eigenvalue weighted by atomic mass is 10.1. The molecule has 0 amide bonds. The van der Waals surface area contributed by atoms with Crippen LogP contribution in [-0.2, 0) is 9.84 Å². The van der Waals surface area contributed by atoms with Crippen molar-refractivity contribution in [2.75, 3.05) is 31.1 Å². The number of sulfone groups is 1. The molecule has 1 rings (SSSR count). The number of nitrogens with zero attached hydrogens (tertiary/aromatic N) is 1. The van der Waals surface area contributed by atoms with Crippen LogP contribution in [0.1, 0.15) is 39.5 Å². The third-order valence-electron chi connectivity index (χ3n) is 3.25. The number of hydrogen-bond donors (Lipinski definition) is 2. The highest BCUT2D eigenvalue weighted by molar-refractivity contribution is 7.91. The molecule has 0 aromatic heterocycles. The Morgan fingerprint density at radius 2 is 2.05 bits per heavy atom. The van der Waals surface area contributed by atoms with E-state index < -0.39 is 9.84 Å². The zero-order valence-corrected chi connectivity index (χ0v) is 12.9. The summed E-state index contributed by atoms with van der Waals surface area (Å²) in [5.74, 6) is 1.62. The van der Waals surface area contributed by atoms with Gasteiger partial charge in [0.25, 0.3) is 0 Å². The Morgan fingerprint density at radius 1 is 1.26 bits per heavy atom. The second kappa shape index (κ2) is 8.40. The Bertz CT molecular complexity index is 379. The fourth-order valence-corrected chi connectivity index (χ4v) is 4.01. The minimum absolute atomic E-state index is 0.191. The van der Waals surface area contributed by atoms with E-state index in [9.17, 15) is 8.42 Å². The van der Waals surface area contributed by atoms with Crippen molar-refractivity contribution in [3.8, 4) is 0 Å². The summed E-state index contributed by atoms with van der Waals surface area (Å²) in [4.78, 5) is 4.49. The van der Waals surface area contributed by atoms with Crippen LogP contribution in [0.4, 0.5) is 0 Å². The maximum atomic E-state index is 11.4. The van der Waals surface area contributed by atoms with Gasteiger partial charge in [0.05, 0.1) is 11.5 Å². The fraction of sp³-hybridized carbons (Fsp3) is 0.923. The lowest BCUT2D eigenvalue weighted by Gasteiger charge is -2.12. The molecule has 112 valence electrons. The van der Waals surface area contributed by atoms with Crippen LogP contribution in [0.15, 0.2) is 4.99 Å². The van der Waals surface area contributed by atoms with Gasteiger partial charge in [0.1, 0.15) is 0 Å². The van der Waals surface area contributed by atoms with Gasteiger partial charge in [-0.15, -0.1) is 0 Å². The van der Waals surface area contributed by atoms with E-state index in [0.29, 0.717) is 18.1 Å². The normalized spacial score (nSPS) is 22.4. The van der Waals surface area contributed by atoms with Gasteiger partial charge in [-0.3, -0.25) is 4.99 Å². The highest BCUT2D eigenvalue weighted by atomic mass is 32.2. The number of rotatable bonds is 7. The summed E-state index contributed by atoms with van der Waals surface area (Å²) in [5.41, 5.74) is 0. The molecule has 19 heavy (non-hydrogen) atoms. The minimum Gasteiger partial charge on any atom is -0.357 e. The average molecular weight is 289 g/mol. The first-order valence-corrected chi connectivity index (χ1v) is 9.12. The van der Waals surface area contributed by atoms with E-state index in [1.54, 1.807) is 0 Å². The molecule has 0 spiro atoms. The van der Waals surface area contributed by atoms with Gasteiger partial charge in [-0.25, -0.2) is 8.42 Å². The molecule has 0 radical (unpaired) electrons. The molecule has 0 bridgehead atoms. The van der Waals surface area contributed by atoms with E-state index >= 15 is 0 Å². The molecule has 1 saturated heterocycles. The van der Waals surface area contributed by atoms with Crippen molar-refractivity contribution in [1.29, 1.82) is 0 Å². The predicted molar refractivity (Wildman–Crippen MR) is 80.3 cm³/mol. The van der Waals surface area contributed by atoms with Crippen LogP contribution in [0.3, 0.4) is 0 Å². The summed E-state index contributed by atoms with van der Waals surface area (Å²) in [5, 5.41) is 6.48. The Morgan fingerprint density at radius 3 is 2.63 bits per heavy atom. The molecule has 1 aliphatic heterocycles. The lowest BCUT2D eigenvalue weighted by molar-refractivity contribution is 0.589. The molecular weight excluding hydrogens is 262 g/mol. The van der Waals surface area contributed by atoms with Crippen LogP contribution in [0.25, 0.3) is 0 Å². The Labute approximate surface area is 117 Å². The number of aliphatic imine (C=N–C) groups is 1. The van der Waals surface area contributed by atoms with Crippen molar-refractivity contribution >= 4 is 15.8 Å².